The molecule has 11 rings (SSSR count). The fourth-order valence-corrected chi connectivity index (χ4v) is 12.2. The van der Waals surface area contributed by atoms with Crippen molar-refractivity contribution < 1.29 is 39.4 Å². The third-order valence-corrected chi connectivity index (χ3v) is 16.1. The van der Waals surface area contributed by atoms with Gasteiger partial charge in [0.05, 0.1) is 32.2 Å². The molecule has 11 nitrogen and oxygen atoms in total. The van der Waals surface area contributed by atoms with Crippen molar-refractivity contribution in [3.63, 3.8) is 0 Å². The number of fused-ring (bicyclic) bond motifs is 9. The van der Waals surface area contributed by atoms with Crippen LogP contribution in [-0.4, -0.2) is 77.0 Å². The molecule has 0 amide bonds. The number of aromatic hydroxyl groups is 3. The van der Waals surface area contributed by atoms with Gasteiger partial charge in [-0.3, -0.25) is 5.32 Å². The monoisotopic (exact) mass is 981 g/mol. The van der Waals surface area contributed by atoms with Gasteiger partial charge in [-0.05, 0) is 164 Å². The molecule has 11 heteroatoms. The molecule has 6 N–H and O–H groups in total. The minimum Gasteiger partial charge on any atom is -0.508 e. The zero-order valence-electron chi connectivity index (χ0n) is 41.7. The average molecular weight is 982 g/mol. The van der Waals surface area contributed by atoms with E-state index in [4.69, 9.17) is 18.9 Å². The maximum atomic E-state index is 11.7. The lowest BCUT2D eigenvalue weighted by molar-refractivity contribution is 0.00498. The van der Waals surface area contributed by atoms with E-state index < -0.39 is 6.10 Å². The first-order chi connectivity index (χ1) is 35.7. The van der Waals surface area contributed by atoms with Gasteiger partial charge in [-0.2, -0.15) is 0 Å². The topological polar surface area (TPSA) is 147 Å². The van der Waals surface area contributed by atoms with Crippen LogP contribution in [-0.2, 0) is 51.9 Å². The summed E-state index contributed by atoms with van der Waals surface area (Å²) in [6.07, 6.45) is 14.6. The maximum Gasteiger partial charge on any atom is 0.161 e. The molecule has 73 heavy (non-hydrogen) atoms. The highest BCUT2D eigenvalue weighted by Crippen LogP contribution is 2.52. The molecule has 1 aromatic heterocycles. The van der Waals surface area contributed by atoms with Gasteiger partial charge in [0.2, 0.25) is 0 Å². The van der Waals surface area contributed by atoms with Crippen LogP contribution in [0.3, 0.4) is 0 Å². The zero-order chi connectivity index (χ0) is 49.9. The van der Waals surface area contributed by atoms with Crippen molar-refractivity contribution in [3.8, 4) is 34.8 Å². The summed E-state index contributed by atoms with van der Waals surface area (Å²) < 4.78 is 27.6. The summed E-state index contributed by atoms with van der Waals surface area (Å²) >= 11 is 0. The number of hydrogen-bond donors (Lipinski definition) is 6. The Hall–Kier alpha value is -6.52. The quantitative estimate of drug-likeness (QED) is 0.0612. The second-order valence-corrected chi connectivity index (χ2v) is 20.9. The van der Waals surface area contributed by atoms with Crippen LogP contribution in [0.2, 0.25) is 0 Å². The van der Waals surface area contributed by atoms with Gasteiger partial charge in [-0.25, -0.2) is 0 Å². The van der Waals surface area contributed by atoms with E-state index in [1.165, 1.54) is 16.7 Å². The number of methoxy groups -OCH3 is 1. The lowest BCUT2D eigenvalue weighted by Crippen LogP contribution is -2.47. The Kier molecular flexibility index (Phi) is 14.4. The molecule has 1 saturated heterocycles. The normalized spacial score (nSPS) is 24.1. The Morgan fingerprint density at radius 2 is 1.77 bits per heavy atom. The Morgan fingerprint density at radius 3 is 2.67 bits per heavy atom. The molecule has 378 valence electrons. The SMILES string of the molecule is COCNC1C=C2C#CC(CCc3ccc(O)c(Cc4cccc(O)c4)c3)CCCC3CC(O)CCc4ccc(O)c(c4)OCc4cc(C56CCOCC5CCc5ccccc56)cc5cn(cc45)C(=C2CO3)N1. The first kappa shape index (κ1) is 48.7. The number of hydrogen-bond acceptors (Lipinski definition) is 10. The standard InChI is InChI=1S/C62H67N3O8/c1-70-39-63-60-32-45-18-14-40(12-13-41-16-22-57(68)46(26-41)27-43-7-4-9-51(66)28-43)6-5-10-53-33-52(67)21-15-42-17-23-58(69)59(29-42)73-36-48-31-50(30-47-34-65(35-54(47)48)61(64-60)55(45)38-72-53)62-24-25-71-37-49(62)20-19-44-8-2-3-11-56(44)62/h2-4,7-9,11,16-17,22-23,26,28-32,34-35,40,49,52-53,60,63-64,66-69H,5-6,10,12-13,15,19-21,24-25,27,33,36-39H2,1H3. The molecule has 6 aromatic rings. The van der Waals surface area contributed by atoms with Crippen molar-refractivity contribution in [2.24, 2.45) is 11.8 Å². The molecule has 5 aliphatic rings. The summed E-state index contributed by atoms with van der Waals surface area (Å²) in [5.74, 6) is 9.63. The number of benzene rings is 5. The first-order valence-corrected chi connectivity index (χ1v) is 26.3. The average Bonchev–Trinajstić information content (AvgIpc) is 3.83. The fourth-order valence-electron chi connectivity index (χ4n) is 12.2. The molecule has 1 fully saturated rings. The van der Waals surface area contributed by atoms with Crippen molar-refractivity contribution in [3.05, 3.63) is 171 Å². The van der Waals surface area contributed by atoms with Gasteiger partial charge in [-0.1, -0.05) is 72.5 Å². The van der Waals surface area contributed by atoms with E-state index in [1.807, 2.05) is 30.3 Å². The van der Waals surface area contributed by atoms with Crippen LogP contribution in [0.15, 0.2) is 127 Å². The molecule has 6 unspecified atom stereocenters. The molecule has 5 aromatic carbocycles. The molecule has 1 aliphatic carbocycles. The van der Waals surface area contributed by atoms with Crippen LogP contribution in [0.4, 0.5) is 0 Å². The number of nitrogens with zero attached hydrogens (tertiary/aromatic N) is 1. The summed E-state index contributed by atoms with van der Waals surface area (Å²) in [5, 5.41) is 53.3. The van der Waals surface area contributed by atoms with E-state index in [0.29, 0.717) is 57.3 Å². The number of rotatable bonds is 9. The highest BCUT2D eigenvalue weighted by Gasteiger charge is 2.47. The van der Waals surface area contributed by atoms with Gasteiger partial charge >= 0.3 is 0 Å². The predicted octanol–water partition coefficient (Wildman–Crippen LogP) is 9.93. The number of ether oxygens (including phenoxy) is 4. The molecule has 4 aliphatic heterocycles. The Bertz CT molecular complexity index is 3110. The summed E-state index contributed by atoms with van der Waals surface area (Å²) in [6, 6.07) is 32.3. The molecule has 6 bridgehead atoms. The third-order valence-electron chi connectivity index (χ3n) is 16.1. The number of aryl methyl sites for hydroxylation is 3. The van der Waals surface area contributed by atoms with Crippen molar-refractivity contribution in [2.45, 2.75) is 107 Å². The van der Waals surface area contributed by atoms with Crippen molar-refractivity contribution in [2.75, 3.05) is 33.7 Å². The number of aromatic nitrogens is 1. The van der Waals surface area contributed by atoms with Gasteiger partial charge in [0.25, 0.3) is 0 Å². The van der Waals surface area contributed by atoms with Crippen molar-refractivity contribution in [1.29, 1.82) is 0 Å². The van der Waals surface area contributed by atoms with Gasteiger partial charge < -0.3 is 49.3 Å². The number of nitrogens with one attached hydrogen (secondary N) is 2. The maximum absolute atomic E-state index is 11.7. The molecule has 6 atom stereocenters. The first-order valence-electron chi connectivity index (χ1n) is 26.3. The van der Waals surface area contributed by atoms with Crippen molar-refractivity contribution >= 4 is 16.6 Å². The van der Waals surface area contributed by atoms with Crippen molar-refractivity contribution in [1.82, 2.24) is 15.2 Å². The van der Waals surface area contributed by atoms with Crippen LogP contribution in [0.5, 0.6) is 23.0 Å². The fraction of sp³-hybridized carbons (Fsp3) is 0.387. The minimum absolute atomic E-state index is 0.0663. The largest absolute Gasteiger partial charge is 0.508 e. The van der Waals surface area contributed by atoms with E-state index in [0.717, 1.165) is 107 Å². The lowest BCUT2D eigenvalue weighted by Gasteiger charge is -2.49. The highest BCUT2D eigenvalue weighted by molar-refractivity contribution is 5.88. The zero-order valence-corrected chi connectivity index (χ0v) is 41.7. The molecule has 5 heterocycles. The summed E-state index contributed by atoms with van der Waals surface area (Å²) in [4.78, 5) is 0. The van der Waals surface area contributed by atoms with Crippen LogP contribution >= 0.6 is 0 Å². The van der Waals surface area contributed by atoms with Gasteiger partial charge in [0, 0.05) is 65.8 Å². The summed E-state index contributed by atoms with van der Waals surface area (Å²) in [5.41, 5.74) is 10.5. The van der Waals surface area contributed by atoms with Gasteiger partial charge in [0.15, 0.2) is 11.5 Å². The van der Waals surface area contributed by atoms with Crippen LogP contribution in [0.1, 0.15) is 95.9 Å². The number of aliphatic hydroxyl groups is 1. The van der Waals surface area contributed by atoms with Crippen LogP contribution < -0.4 is 15.4 Å². The number of aliphatic hydroxyl groups excluding tert-OH is 1. The lowest BCUT2D eigenvalue weighted by atomic mass is 9.57. The Morgan fingerprint density at radius 1 is 0.863 bits per heavy atom. The summed E-state index contributed by atoms with van der Waals surface area (Å²) in [7, 11) is 1.68. The van der Waals surface area contributed by atoms with E-state index in [2.05, 4.69) is 88.0 Å². The van der Waals surface area contributed by atoms with Crippen LogP contribution in [0.25, 0.3) is 16.6 Å². The Balaban J connectivity index is 1.01. The highest BCUT2D eigenvalue weighted by atomic mass is 16.5. The second-order valence-electron chi connectivity index (χ2n) is 20.9. The smallest absolute Gasteiger partial charge is 0.161 e. The van der Waals surface area contributed by atoms with E-state index in [9.17, 15) is 20.4 Å². The third kappa shape index (κ3) is 10.5. The van der Waals surface area contributed by atoms with E-state index in [-0.39, 0.29) is 54.1 Å². The molecule has 0 saturated carbocycles. The van der Waals surface area contributed by atoms with E-state index in [1.54, 1.807) is 31.4 Å². The number of dihydropyridines is 1. The molecule has 0 radical (unpaired) electrons. The van der Waals surface area contributed by atoms with Gasteiger partial charge in [0.1, 0.15) is 30.1 Å². The minimum atomic E-state index is -0.612. The number of phenols is 3. The van der Waals surface area contributed by atoms with E-state index >= 15 is 0 Å². The predicted molar refractivity (Wildman–Crippen MR) is 283 cm³/mol. The molecular formula is C62H67N3O8. The van der Waals surface area contributed by atoms with Gasteiger partial charge in [-0.15, -0.1) is 0 Å². The molecular weight excluding hydrogens is 915 g/mol. The molecule has 0 spiro atoms. The summed E-state index contributed by atoms with van der Waals surface area (Å²) in [6.45, 7) is 2.23. The van der Waals surface area contributed by atoms with Crippen LogP contribution in [0, 0.1) is 23.7 Å². The Labute approximate surface area is 428 Å². The second kappa shape index (κ2) is 21.5. The number of phenolic OH excluding ortho intramolecular Hbond substituents is 3.